The molecule has 1 fully saturated rings. The summed E-state index contributed by atoms with van der Waals surface area (Å²) in [6, 6.07) is 5.96. The predicted octanol–water partition coefficient (Wildman–Crippen LogP) is 4.49. The zero-order chi connectivity index (χ0) is 16.4. The van der Waals surface area contributed by atoms with Gasteiger partial charge in [-0.1, -0.05) is 42.6 Å². The molecule has 1 aromatic heterocycles. The van der Waals surface area contributed by atoms with Gasteiger partial charge in [0.2, 0.25) is 5.91 Å². The van der Waals surface area contributed by atoms with Crippen molar-refractivity contribution in [2.45, 2.75) is 55.5 Å². The molecule has 6 heteroatoms. The van der Waals surface area contributed by atoms with Crippen LogP contribution in [0.15, 0.2) is 23.4 Å². The Bertz CT molecular complexity index is 696. The first-order valence-electron chi connectivity index (χ1n) is 8.13. The number of H-pyrrole nitrogens is 1. The van der Waals surface area contributed by atoms with Gasteiger partial charge in [-0.2, -0.15) is 0 Å². The Balaban J connectivity index is 1.66. The van der Waals surface area contributed by atoms with Crippen molar-refractivity contribution in [3.8, 4) is 0 Å². The lowest BCUT2D eigenvalue weighted by Crippen LogP contribution is -2.42. The molecule has 23 heavy (non-hydrogen) atoms. The molecule has 0 aliphatic heterocycles. The number of aromatic nitrogens is 2. The normalized spacial score (nSPS) is 17.3. The van der Waals surface area contributed by atoms with Crippen LogP contribution in [0.5, 0.6) is 0 Å². The first-order chi connectivity index (χ1) is 11.0. The number of aromatic amines is 1. The summed E-state index contributed by atoms with van der Waals surface area (Å²) < 4.78 is 0. The molecule has 1 heterocycles. The zero-order valence-electron chi connectivity index (χ0n) is 13.5. The molecule has 1 aliphatic carbocycles. The van der Waals surface area contributed by atoms with Crippen molar-refractivity contribution in [2.24, 2.45) is 0 Å². The summed E-state index contributed by atoms with van der Waals surface area (Å²) >= 11 is 7.47. The van der Waals surface area contributed by atoms with Crippen molar-refractivity contribution >= 4 is 40.3 Å². The Labute approximate surface area is 146 Å². The minimum Gasteiger partial charge on any atom is -0.342 e. The standard InChI is InChI=1S/C17H22ClN3OS/c1-11(16(22)21(2)13-6-4-3-5-7-13)23-17-19-14-9-8-12(18)10-15(14)20-17/h8-11,13H,3-7H2,1-2H3,(H,19,20)/t11-/m1/s1. The van der Waals surface area contributed by atoms with E-state index in [1.165, 1.54) is 31.0 Å². The smallest absolute Gasteiger partial charge is 0.235 e. The van der Waals surface area contributed by atoms with E-state index in [4.69, 9.17) is 11.6 Å². The number of benzene rings is 1. The molecule has 1 aliphatic rings. The molecule has 4 nitrogen and oxygen atoms in total. The highest BCUT2D eigenvalue weighted by atomic mass is 35.5. The number of carbonyl (C=O) groups excluding carboxylic acids is 1. The van der Waals surface area contributed by atoms with Crippen molar-refractivity contribution in [3.63, 3.8) is 0 Å². The van der Waals surface area contributed by atoms with Gasteiger partial charge in [0.1, 0.15) is 0 Å². The molecule has 1 N–H and O–H groups in total. The molecule has 0 spiro atoms. The molecule has 0 saturated heterocycles. The first kappa shape index (κ1) is 16.7. The van der Waals surface area contributed by atoms with Crippen LogP contribution in [0, 0.1) is 0 Å². The second-order valence-corrected chi connectivity index (χ2v) is 7.97. The van der Waals surface area contributed by atoms with E-state index in [1.807, 2.05) is 37.1 Å². The number of halogens is 1. The van der Waals surface area contributed by atoms with Crippen LogP contribution in [-0.2, 0) is 4.79 Å². The molecule has 1 amide bonds. The molecule has 124 valence electrons. The highest BCUT2D eigenvalue weighted by Crippen LogP contribution is 2.28. The number of nitrogens with zero attached hydrogens (tertiary/aromatic N) is 2. The molecular formula is C17H22ClN3OS. The molecule has 1 atom stereocenters. The van der Waals surface area contributed by atoms with Crippen LogP contribution >= 0.6 is 23.4 Å². The van der Waals surface area contributed by atoms with Gasteiger partial charge in [0, 0.05) is 18.1 Å². The molecular weight excluding hydrogens is 330 g/mol. The number of imidazole rings is 1. The second kappa shape index (κ2) is 7.14. The number of nitrogens with one attached hydrogen (secondary N) is 1. The van der Waals surface area contributed by atoms with E-state index in [0.717, 1.165) is 29.0 Å². The molecule has 1 aromatic carbocycles. The maximum atomic E-state index is 12.7. The Hall–Kier alpha value is -1.20. The Kier molecular flexibility index (Phi) is 5.17. The van der Waals surface area contributed by atoms with E-state index in [2.05, 4.69) is 9.97 Å². The van der Waals surface area contributed by atoms with E-state index in [0.29, 0.717) is 11.1 Å². The average molecular weight is 352 g/mol. The van der Waals surface area contributed by atoms with Gasteiger partial charge in [0.15, 0.2) is 5.16 Å². The van der Waals surface area contributed by atoms with E-state index >= 15 is 0 Å². The number of thioether (sulfide) groups is 1. The van der Waals surface area contributed by atoms with Crippen LogP contribution in [0.25, 0.3) is 11.0 Å². The molecule has 0 radical (unpaired) electrons. The summed E-state index contributed by atoms with van der Waals surface area (Å²) in [5.74, 6) is 0.181. The first-order valence-corrected chi connectivity index (χ1v) is 9.39. The monoisotopic (exact) mass is 351 g/mol. The second-order valence-electron chi connectivity index (χ2n) is 6.20. The quantitative estimate of drug-likeness (QED) is 0.826. The third-order valence-electron chi connectivity index (χ3n) is 4.53. The van der Waals surface area contributed by atoms with Crippen molar-refractivity contribution in [1.29, 1.82) is 0 Å². The summed E-state index contributed by atoms with van der Waals surface area (Å²) in [4.78, 5) is 22.4. The number of hydrogen-bond donors (Lipinski definition) is 1. The average Bonchev–Trinajstić information content (AvgIpc) is 2.95. The SMILES string of the molecule is C[C@@H](Sc1nc2ccc(Cl)cc2[nH]1)C(=O)N(C)C1CCCCC1. The summed E-state index contributed by atoms with van der Waals surface area (Å²) in [5, 5.41) is 1.29. The van der Waals surface area contributed by atoms with Gasteiger partial charge in [-0.3, -0.25) is 4.79 Å². The summed E-state index contributed by atoms with van der Waals surface area (Å²) in [5.41, 5.74) is 1.78. The van der Waals surface area contributed by atoms with Crippen LogP contribution in [0.4, 0.5) is 0 Å². The maximum Gasteiger partial charge on any atom is 0.235 e. The number of amides is 1. The van der Waals surface area contributed by atoms with Crippen LogP contribution in [0.1, 0.15) is 39.0 Å². The van der Waals surface area contributed by atoms with Crippen LogP contribution in [-0.4, -0.2) is 39.1 Å². The van der Waals surface area contributed by atoms with Gasteiger partial charge in [-0.15, -0.1) is 0 Å². The predicted molar refractivity (Wildman–Crippen MR) is 96.1 cm³/mol. The topological polar surface area (TPSA) is 49.0 Å². The minimum atomic E-state index is -0.155. The van der Waals surface area contributed by atoms with E-state index in [9.17, 15) is 4.79 Å². The number of hydrogen-bond acceptors (Lipinski definition) is 3. The lowest BCUT2D eigenvalue weighted by molar-refractivity contribution is -0.131. The fourth-order valence-corrected chi connectivity index (χ4v) is 4.26. The number of fused-ring (bicyclic) bond motifs is 1. The lowest BCUT2D eigenvalue weighted by atomic mass is 9.94. The summed E-state index contributed by atoms with van der Waals surface area (Å²) in [7, 11) is 1.94. The van der Waals surface area contributed by atoms with Crippen molar-refractivity contribution in [1.82, 2.24) is 14.9 Å². The molecule has 3 rings (SSSR count). The van der Waals surface area contributed by atoms with Crippen molar-refractivity contribution < 1.29 is 4.79 Å². The van der Waals surface area contributed by atoms with E-state index < -0.39 is 0 Å². The van der Waals surface area contributed by atoms with Gasteiger partial charge < -0.3 is 9.88 Å². The Morgan fingerprint density at radius 3 is 2.87 bits per heavy atom. The zero-order valence-corrected chi connectivity index (χ0v) is 15.1. The van der Waals surface area contributed by atoms with Crippen LogP contribution < -0.4 is 0 Å². The van der Waals surface area contributed by atoms with Gasteiger partial charge >= 0.3 is 0 Å². The highest BCUT2D eigenvalue weighted by Gasteiger charge is 2.26. The molecule has 0 unspecified atom stereocenters. The molecule has 1 saturated carbocycles. The number of rotatable bonds is 4. The summed E-state index contributed by atoms with van der Waals surface area (Å²) in [6.45, 7) is 1.95. The van der Waals surface area contributed by atoms with E-state index in [1.54, 1.807) is 0 Å². The Morgan fingerprint density at radius 2 is 2.13 bits per heavy atom. The minimum absolute atomic E-state index is 0.155. The van der Waals surface area contributed by atoms with Gasteiger partial charge in [0.25, 0.3) is 0 Å². The fourth-order valence-electron chi connectivity index (χ4n) is 3.17. The Morgan fingerprint density at radius 1 is 1.39 bits per heavy atom. The van der Waals surface area contributed by atoms with Gasteiger partial charge in [0.05, 0.1) is 16.3 Å². The van der Waals surface area contributed by atoms with E-state index in [-0.39, 0.29) is 11.2 Å². The lowest BCUT2D eigenvalue weighted by Gasteiger charge is -2.32. The van der Waals surface area contributed by atoms with Crippen LogP contribution in [0.2, 0.25) is 5.02 Å². The third-order valence-corrected chi connectivity index (χ3v) is 5.74. The fraction of sp³-hybridized carbons (Fsp3) is 0.529. The molecule has 0 bridgehead atoms. The van der Waals surface area contributed by atoms with Gasteiger partial charge in [-0.05, 0) is 38.0 Å². The van der Waals surface area contributed by atoms with Crippen LogP contribution in [0.3, 0.4) is 0 Å². The largest absolute Gasteiger partial charge is 0.342 e. The number of carbonyl (C=O) groups is 1. The molecule has 2 aromatic rings. The third kappa shape index (κ3) is 3.83. The maximum absolute atomic E-state index is 12.7. The highest BCUT2D eigenvalue weighted by molar-refractivity contribution is 8.00. The summed E-state index contributed by atoms with van der Waals surface area (Å²) in [6.07, 6.45) is 6.01. The van der Waals surface area contributed by atoms with Crippen molar-refractivity contribution in [3.05, 3.63) is 23.2 Å². The van der Waals surface area contributed by atoms with Crippen molar-refractivity contribution in [2.75, 3.05) is 7.05 Å². The van der Waals surface area contributed by atoms with Gasteiger partial charge in [-0.25, -0.2) is 4.98 Å².